The summed E-state index contributed by atoms with van der Waals surface area (Å²) < 4.78 is 0. The number of rotatable bonds is 6. The lowest BCUT2D eigenvalue weighted by Gasteiger charge is -2.34. The van der Waals surface area contributed by atoms with Crippen molar-refractivity contribution in [2.75, 3.05) is 52.6 Å². The van der Waals surface area contributed by atoms with E-state index in [4.69, 9.17) is 0 Å². The van der Waals surface area contributed by atoms with Crippen LogP contribution in [0.2, 0.25) is 0 Å². The van der Waals surface area contributed by atoms with E-state index in [1.807, 2.05) is 9.80 Å². The number of benzene rings is 1. The Morgan fingerprint density at radius 2 is 1.71 bits per heavy atom. The van der Waals surface area contributed by atoms with E-state index in [9.17, 15) is 9.59 Å². The Labute approximate surface area is 173 Å². The molecular weight excluding hydrogens is 370 g/mol. The van der Waals surface area contributed by atoms with Crippen molar-refractivity contribution in [3.8, 4) is 0 Å². The fourth-order valence-electron chi connectivity index (χ4n) is 4.10. The molecule has 0 aliphatic carbocycles. The highest BCUT2D eigenvalue weighted by atomic mass is 32.2. The van der Waals surface area contributed by atoms with Crippen LogP contribution in [-0.2, 0) is 16.0 Å². The van der Waals surface area contributed by atoms with Gasteiger partial charge in [-0.2, -0.15) is 0 Å². The monoisotopic (exact) mass is 403 g/mol. The molecule has 1 atom stereocenters. The fourth-order valence-corrected chi connectivity index (χ4v) is 4.51. The number of piperazine rings is 1. The van der Waals surface area contributed by atoms with Gasteiger partial charge >= 0.3 is 0 Å². The predicted octanol–water partition coefficient (Wildman–Crippen LogP) is 2.74. The number of carbonyl (C=O) groups is 2. The highest BCUT2D eigenvalue weighted by molar-refractivity contribution is 7.98. The van der Waals surface area contributed by atoms with Crippen molar-refractivity contribution in [3.05, 3.63) is 29.8 Å². The Kier molecular flexibility index (Phi) is 7.80. The molecular formula is C22H33N3O2S. The number of thioether (sulfide) groups is 1. The molecule has 0 N–H and O–H groups in total. The van der Waals surface area contributed by atoms with Gasteiger partial charge in [-0.1, -0.05) is 12.1 Å². The van der Waals surface area contributed by atoms with Gasteiger partial charge in [0.2, 0.25) is 11.8 Å². The third-order valence-electron chi connectivity index (χ3n) is 6.01. The molecule has 0 aromatic heterocycles. The maximum Gasteiger partial charge on any atom is 0.226 e. The molecule has 2 aliphatic heterocycles. The van der Waals surface area contributed by atoms with Crippen LogP contribution < -0.4 is 0 Å². The topological polar surface area (TPSA) is 43.9 Å². The minimum absolute atomic E-state index is 0.215. The lowest BCUT2D eigenvalue weighted by atomic mass is 9.92. The summed E-state index contributed by atoms with van der Waals surface area (Å²) in [5.41, 5.74) is 1.08. The van der Waals surface area contributed by atoms with Crippen molar-refractivity contribution in [1.29, 1.82) is 0 Å². The van der Waals surface area contributed by atoms with Crippen LogP contribution in [0.5, 0.6) is 0 Å². The van der Waals surface area contributed by atoms with Gasteiger partial charge in [-0.15, -0.1) is 11.8 Å². The van der Waals surface area contributed by atoms with Crippen LogP contribution >= 0.6 is 11.8 Å². The summed E-state index contributed by atoms with van der Waals surface area (Å²) in [6.45, 7) is 5.28. The molecule has 5 nitrogen and oxygen atoms in total. The minimum Gasteiger partial charge on any atom is -0.342 e. The third-order valence-corrected chi connectivity index (χ3v) is 6.75. The van der Waals surface area contributed by atoms with Crippen LogP contribution in [0, 0.1) is 5.92 Å². The van der Waals surface area contributed by atoms with E-state index in [0.717, 1.165) is 64.1 Å². The third kappa shape index (κ3) is 5.98. The quantitative estimate of drug-likeness (QED) is 0.685. The van der Waals surface area contributed by atoms with Crippen molar-refractivity contribution in [2.24, 2.45) is 5.92 Å². The molecule has 3 rings (SSSR count). The molecule has 2 heterocycles. The van der Waals surface area contributed by atoms with Crippen LogP contribution in [0.3, 0.4) is 0 Å². The van der Waals surface area contributed by atoms with E-state index in [-0.39, 0.29) is 11.8 Å². The second-order valence-electron chi connectivity index (χ2n) is 8.10. The normalized spacial score (nSPS) is 21.0. The van der Waals surface area contributed by atoms with E-state index >= 15 is 0 Å². The zero-order valence-corrected chi connectivity index (χ0v) is 18.0. The first-order chi connectivity index (χ1) is 13.5. The average Bonchev–Trinajstić information content (AvgIpc) is 2.73. The average molecular weight is 404 g/mol. The number of carbonyl (C=O) groups excluding carboxylic acids is 2. The molecule has 2 fully saturated rings. The van der Waals surface area contributed by atoms with Gasteiger partial charge in [0.1, 0.15) is 0 Å². The molecule has 6 heteroatoms. The Bertz CT molecular complexity index is 656. The molecule has 2 amide bonds. The van der Waals surface area contributed by atoms with Crippen molar-refractivity contribution in [2.45, 2.75) is 37.0 Å². The number of hydrogen-bond donors (Lipinski definition) is 0. The summed E-state index contributed by atoms with van der Waals surface area (Å²) in [6, 6.07) is 8.27. The number of hydrogen-bond acceptors (Lipinski definition) is 4. The molecule has 2 saturated heterocycles. The van der Waals surface area contributed by atoms with Gasteiger partial charge in [0.25, 0.3) is 0 Å². The number of likely N-dealkylation sites (tertiary alicyclic amines) is 1. The second kappa shape index (κ2) is 10.3. The SMILES string of the molecule is CSc1ccc(CC(=O)N2CCC[C@@H](CCC(=O)N3CCN(C)CC3)C2)cc1. The zero-order chi connectivity index (χ0) is 19.9. The fraction of sp³-hybridized carbons (Fsp3) is 0.636. The Morgan fingerprint density at radius 3 is 2.39 bits per heavy atom. The molecule has 1 aromatic rings. The highest BCUT2D eigenvalue weighted by Gasteiger charge is 2.25. The second-order valence-corrected chi connectivity index (χ2v) is 8.98. The predicted molar refractivity (Wildman–Crippen MR) is 115 cm³/mol. The molecule has 0 spiro atoms. The van der Waals surface area contributed by atoms with Crippen LogP contribution in [0.1, 0.15) is 31.2 Å². The summed E-state index contributed by atoms with van der Waals surface area (Å²) in [6.07, 6.45) is 6.22. The van der Waals surface area contributed by atoms with Crippen molar-refractivity contribution < 1.29 is 9.59 Å². The van der Waals surface area contributed by atoms with Crippen LogP contribution in [-0.4, -0.2) is 79.1 Å². The Hall–Kier alpha value is -1.53. The lowest BCUT2D eigenvalue weighted by Crippen LogP contribution is -2.47. The van der Waals surface area contributed by atoms with Gasteiger partial charge in [-0.3, -0.25) is 9.59 Å². The number of likely N-dealkylation sites (N-methyl/N-ethyl adjacent to an activating group) is 1. The molecule has 0 unspecified atom stereocenters. The summed E-state index contributed by atoms with van der Waals surface area (Å²) in [7, 11) is 2.10. The molecule has 154 valence electrons. The van der Waals surface area contributed by atoms with E-state index in [1.54, 1.807) is 11.8 Å². The van der Waals surface area contributed by atoms with Crippen molar-refractivity contribution >= 4 is 23.6 Å². The standard InChI is InChI=1S/C22H33N3O2S/c1-23-12-14-24(15-13-23)21(26)10-7-19-4-3-11-25(17-19)22(27)16-18-5-8-20(28-2)9-6-18/h5-6,8-9,19H,3-4,7,10-17H2,1-2H3/t19-/m0/s1. The summed E-state index contributed by atoms with van der Waals surface area (Å²) in [5, 5.41) is 0. The molecule has 1 aromatic carbocycles. The maximum absolute atomic E-state index is 12.7. The number of nitrogens with zero attached hydrogens (tertiary/aromatic N) is 3. The van der Waals surface area contributed by atoms with Crippen LogP contribution in [0.15, 0.2) is 29.2 Å². The number of amides is 2. The number of piperidine rings is 1. The van der Waals surface area contributed by atoms with Crippen LogP contribution in [0.4, 0.5) is 0 Å². The van der Waals surface area contributed by atoms with E-state index in [0.29, 0.717) is 18.8 Å². The van der Waals surface area contributed by atoms with Gasteiger partial charge in [0.15, 0.2) is 0 Å². The molecule has 0 bridgehead atoms. The van der Waals surface area contributed by atoms with Gasteiger partial charge < -0.3 is 14.7 Å². The largest absolute Gasteiger partial charge is 0.342 e. The molecule has 0 radical (unpaired) electrons. The van der Waals surface area contributed by atoms with Crippen LogP contribution in [0.25, 0.3) is 0 Å². The zero-order valence-electron chi connectivity index (χ0n) is 17.2. The van der Waals surface area contributed by atoms with Crippen molar-refractivity contribution in [3.63, 3.8) is 0 Å². The van der Waals surface area contributed by atoms with Gasteiger partial charge in [0.05, 0.1) is 6.42 Å². The first-order valence-electron chi connectivity index (χ1n) is 10.4. The Balaban J connectivity index is 1.44. The van der Waals surface area contributed by atoms with Gasteiger partial charge in [-0.25, -0.2) is 0 Å². The smallest absolute Gasteiger partial charge is 0.226 e. The summed E-state index contributed by atoms with van der Waals surface area (Å²) in [4.78, 5) is 32.7. The highest BCUT2D eigenvalue weighted by Crippen LogP contribution is 2.23. The Morgan fingerprint density at radius 1 is 1.00 bits per heavy atom. The van der Waals surface area contributed by atoms with E-state index in [1.165, 1.54) is 4.90 Å². The minimum atomic E-state index is 0.215. The molecule has 28 heavy (non-hydrogen) atoms. The van der Waals surface area contributed by atoms with Crippen molar-refractivity contribution in [1.82, 2.24) is 14.7 Å². The lowest BCUT2D eigenvalue weighted by molar-refractivity contribution is -0.133. The maximum atomic E-state index is 12.7. The van der Waals surface area contributed by atoms with Gasteiger partial charge in [-0.05, 0) is 56.2 Å². The summed E-state index contributed by atoms with van der Waals surface area (Å²) in [5.74, 6) is 0.949. The first-order valence-corrected chi connectivity index (χ1v) is 11.6. The van der Waals surface area contributed by atoms with Gasteiger partial charge in [0, 0.05) is 50.6 Å². The first kappa shape index (κ1) is 21.2. The summed E-state index contributed by atoms with van der Waals surface area (Å²) >= 11 is 1.71. The van der Waals surface area contributed by atoms with E-state index in [2.05, 4.69) is 42.5 Å². The molecule has 0 saturated carbocycles. The van der Waals surface area contributed by atoms with E-state index < -0.39 is 0 Å². The molecule has 2 aliphatic rings.